The van der Waals surface area contributed by atoms with Crippen LogP contribution < -0.4 is 10.6 Å². The quantitative estimate of drug-likeness (QED) is 0.878. The molecule has 3 rings (SSSR count). The third-order valence-corrected chi connectivity index (χ3v) is 4.60. The van der Waals surface area contributed by atoms with Crippen molar-refractivity contribution in [2.45, 2.75) is 19.0 Å². The minimum Gasteiger partial charge on any atom is -0.378 e. The van der Waals surface area contributed by atoms with E-state index in [1.54, 1.807) is 0 Å². The van der Waals surface area contributed by atoms with E-state index < -0.39 is 0 Å². The molecule has 0 amide bonds. The number of rotatable bonds is 3. The van der Waals surface area contributed by atoms with Gasteiger partial charge in [-0.2, -0.15) is 0 Å². The molecule has 0 aliphatic carbocycles. The van der Waals surface area contributed by atoms with E-state index in [-0.39, 0.29) is 12.4 Å². The Morgan fingerprint density at radius 3 is 2.67 bits per heavy atom. The van der Waals surface area contributed by atoms with Crippen LogP contribution in [0.3, 0.4) is 0 Å². The Morgan fingerprint density at radius 1 is 1.24 bits per heavy atom. The lowest BCUT2D eigenvalue weighted by atomic mass is 10.1. The summed E-state index contributed by atoms with van der Waals surface area (Å²) in [6.07, 6.45) is 1.11. The maximum Gasteiger partial charge on any atom is 0.0642 e. The molecule has 0 radical (unpaired) electrons. The summed E-state index contributed by atoms with van der Waals surface area (Å²) in [6, 6.07) is 6.95. The fourth-order valence-corrected chi connectivity index (χ4v) is 3.37. The van der Waals surface area contributed by atoms with Crippen molar-refractivity contribution < 1.29 is 4.74 Å². The highest BCUT2D eigenvalue weighted by atomic mass is 79.9. The van der Waals surface area contributed by atoms with Gasteiger partial charge in [0, 0.05) is 48.9 Å². The van der Waals surface area contributed by atoms with E-state index in [2.05, 4.69) is 43.9 Å². The number of benzene rings is 1. The first-order valence-corrected chi connectivity index (χ1v) is 8.11. The standard InChI is InChI=1S/C15H22BrN3O.ClH/c16-13-2-1-12(10-18-4-3-14(17)11-18)15(9-13)19-5-7-20-8-6-19;/h1-2,9,14H,3-8,10-11,17H2;1H/t14-;/m0./s1. The zero-order valence-electron chi connectivity index (χ0n) is 12.1. The van der Waals surface area contributed by atoms with Crippen LogP contribution in [0.2, 0.25) is 0 Å². The molecule has 2 saturated heterocycles. The molecule has 4 nitrogen and oxygen atoms in total. The van der Waals surface area contributed by atoms with E-state index >= 15 is 0 Å². The van der Waals surface area contributed by atoms with Gasteiger partial charge in [-0.25, -0.2) is 0 Å². The highest BCUT2D eigenvalue weighted by Crippen LogP contribution is 2.28. The van der Waals surface area contributed by atoms with Gasteiger partial charge in [-0.3, -0.25) is 4.90 Å². The molecular formula is C15H23BrClN3O. The second-order valence-corrected chi connectivity index (χ2v) is 6.57. The summed E-state index contributed by atoms with van der Waals surface area (Å²) in [5, 5.41) is 0. The predicted octanol–water partition coefficient (Wildman–Crippen LogP) is 2.24. The van der Waals surface area contributed by atoms with Crippen molar-refractivity contribution in [2.24, 2.45) is 5.73 Å². The van der Waals surface area contributed by atoms with Crippen LogP contribution in [0.25, 0.3) is 0 Å². The van der Waals surface area contributed by atoms with Crippen molar-refractivity contribution in [1.29, 1.82) is 0 Å². The number of anilines is 1. The fraction of sp³-hybridized carbons (Fsp3) is 0.600. The molecule has 0 aromatic heterocycles. The Balaban J connectivity index is 0.00000161. The third-order valence-electron chi connectivity index (χ3n) is 4.10. The van der Waals surface area contributed by atoms with E-state index in [0.29, 0.717) is 6.04 Å². The molecule has 1 atom stereocenters. The molecule has 0 saturated carbocycles. The van der Waals surface area contributed by atoms with Crippen LogP contribution in [-0.2, 0) is 11.3 Å². The van der Waals surface area contributed by atoms with Gasteiger partial charge in [0.25, 0.3) is 0 Å². The number of halogens is 2. The third kappa shape index (κ3) is 4.33. The SMILES string of the molecule is Cl.N[C@H]1CCN(Cc2ccc(Br)cc2N2CCOCC2)C1. The van der Waals surface area contributed by atoms with Gasteiger partial charge < -0.3 is 15.4 Å². The Morgan fingerprint density at radius 2 is 2.00 bits per heavy atom. The topological polar surface area (TPSA) is 41.7 Å². The first-order chi connectivity index (χ1) is 9.72. The molecule has 1 aromatic carbocycles. The van der Waals surface area contributed by atoms with Gasteiger partial charge in [0.2, 0.25) is 0 Å². The average Bonchev–Trinajstić information content (AvgIpc) is 2.87. The molecule has 2 N–H and O–H groups in total. The zero-order chi connectivity index (χ0) is 13.9. The number of ether oxygens (including phenoxy) is 1. The monoisotopic (exact) mass is 375 g/mol. The van der Waals surface area contributed by atoms with Gasteiger partial charge in [-0.1, -0.05) is 22.0 Å². The van der Waals surface area contributed by atoms with Gasteiger partial charge in [-0.05, 0) is 24.1 Å². The highest BCUT2D eigenvalue weighted by Gasteiger charge is 2.21. The van der Waals surface area contributed by atoms with Crippen LogP contribution in [0.4, 0.5) is 5.69 Å². The van der Waals surface area contributed by atoms with Crippen LogP contribution >= 0.6 is 28.3 Å². The van der Waals surface area contributed by atoms with E-state index in [1.165, 1.54) is 11.3 Å². The average molecular weight is 377 g/mol. The molecule has 21 heavy (non-hydrogen) atoms. The van der Waals surface area contributed by atoms with E-state index in [4.69, 9.17) is 10.5 Å². The lowest BCUT2D eigenvalue weighted by molar-refractivity contribution is 0.122. The van der Waals surface area contributed by atoms with E-state index in [9.17, 15) is 0 Å². The molecule has 2 heterocycles. The van der Waals surface area contributed by atoms with Crippen molar-refractivity contribution in [3.8, 4) is 0 Å². The predicted molar refractivity (Wildman–Crippen MR) is 92.3 cm³/mol. The molecule has 2 aliphatic heterocycles. The van der Waals surface area contributed by atoms with Crippen LogP contribution in [0.15, 0.2) is 22.7 Å². The number of hydrogen-bond acceptors (Lipinski definition) is 4. The summed E-state index contributed by atoms with van der Waals surface area (Å²) in [4.78, 5) is 4.89. The number of nitrogens with zero attached hydrogens (tertiary/aromatic N) is 2. The molecule has 1 aromatic rings. The van der Waals surface area contributed by atoms with Crippen molar-refractivity contribution >= 4 is 34.0 Å². The highest BCUT2D eigenvalue weighted by molar-refractivity contribution is 9.10. The zero-order valence-corrected chi connectivity index (χ0v) is 14.5. The van der Waals surface area contributed by atoms with Gasteiger partial charge >= 0.3 is 0 Å². The Kier molecular flexibility index (Phi) is 6.32. The normalized spacial score (nSPS) is 23.1. The minimum atomic E-state index is 0. The van der Waals surface area contributed by atoms with Gasteiger partial charge in [0.1, 0.15) is 0 Å². The molecule has 118 valence electrons. The van der Waals surface area contributed by atoms with Crippen molar-refractivity contribution in [3.63, 3.8) is 0 Å². The number of nitrogens with two attached hydrogens (primary N) is 1. The molecule has 0 spiro atoms. The number of morpholine rings is 1. The lowest BCUT2D eigenvalue weighted by Gasteiger charge is -2.31. The Bertz CT molecular complexity index is 468. The molecule has 0 bridgehead atoms. The summed E-state index contributed by atoms with van der Waals surface area (Å²) in [5.74, 6) is 0. The molecular weight excluding hydrogens is 354 g/mol. The molecule has 0 unspecified atom stereocenters. The largest absolute Gasteiger partial charge is 0.378 e. The summed E-state index contributed by atoms with van der Waals surface area (Å²) in [6.45, 7) is 6.71. The summed E-state index contributed by atoms with van der Waals surface area (Å²) >= 11 is 3.59. The van der Waals surface area contributed by atoms with Crippen molar-refractivity contribution in [1.82, 2.24) is 4.90 Å². The van der Waals surface area contributed by atoms with Crippen molar-refractivity contribution in [2.75, 3.05) is 44.3 Å². The smallest absolute Gasteiger partial charge is 0.0642 e. The van der Waals surface area contributed by atoms with Crippen molar-refractivity contribution in [3.05, 3.63) is 28.2 Å². The Labute approximate surface area is 141 Å². The first-order valence-electron chi connectivity index (χ1n) is 7.31. The summed E-state index contributed by atoms with van der Waals surface area (Å²) < 4.78 is 6.60. The number of hydrogen-bond donors (Lipinski definition) is 1. The van der Waals surface area contributed by atoms with Gasteiger partial charge in [0.05, 0.1) is 13.2 Å². The van der Waals surface area contributed by atoms with Gasteiger partial charge in [-0.15, -0.1) is 12.4 Å². The molecule has 2 fully saturated rings. The van der Waals surface area contributed by atoms with Crippen LogP contribution in [0.5, 0.6) is 0 Å². The van der Waals surface area contributed by atoms with Gasteiger partial charge in [0.15, 0.2) is 0 Å². The minimum absolute atomic E-state index is 0. The molecule has 2 aliphatic rings. The van der Waals surface area contributed by atoms with Crippen LogP contribution in [0, 0.1) is 0 Å². The lowest BCUT2D eigenvalue weighted by Crippen LogP contribution is -2.37. The van der Waals surface area contributed by atoms with Crippen LogP contribution in [0.1, 0.15) is 12.0 Å². The number of likely N-dealkylation sites (tertiary alicyclic amines) is 1. The second-order valence-electron chi connectivity index (χ2n) is 5.66. The maximum absolute atomic E-state index is 6.01. The fourth-order valence-electron chi connectivity index (χ4n) is 3.02. The Hall–Kier alpha value is -0.330. The second kappa shape index (κ2) is 7.79. The summed E-state index contributed by atoms with van der Waals surface area (Å²) in [5.41, 5.74) is 8.74. The van der Waals surface area contributed by atoms with Crippen LogP contribution in [-0.4, -0.2) is 50.3 Å². The van der Waals surface area contributed by atoms with E-state index in [0.717, 1.165) is 56.8 Å². The van der Waals surface area contributed by atoms with E-state index in [1.807, 2.05) is 0 Å². The first kappa shape index (κ1) is 17.0. The summed E-state index contributed by atoms with van der Waals surface area (Å²) in [7, 11) is 0. The molecule has 6 heteroatoms. The maximum atomic E-state index is 6.01.